The number of carbonyl (C=O) groups excluding carboxylic acids is 2. The molecule has 0 spiro atoms. The number of imide groups is 1. The van der Waals surface area contributed by atoms with Crippen LogP contribution >= 0.6 is 0 Å². The van der Waals surface area contributed by atoms with Gasteiger partial charge in [0.15, 0.2) is 0 Å². The van der Waals surface area contributed by atoms with Crippen molar-refractivity contribution in [1.82, 2.24) is 9.80 Å². The molecule has 3 fully saturated rings. The van der Waals surface area contributed by atoms with Crippen LogP contribution in [0.25, 0.3) is 0 Å². The van der Waals surface area contributed by atoms with Crippen molar-refractivity contribution < 1.29 is 14.7 Å². The number of amides is 2. The maximum Gasteiger partial charge on any atom is 0.235 e. The van der Waals surface area contributed by atoms with Crippen LogP contribution in [0.5, 0.6) is 0 Å². The van der Waals surface area contributed by atoms with E-state index in [1.165, 1.54) is 4.90 Å². The van der Waals surface area contributed by atoms with Gasteiger partial charge in [-0.1, -0.05) is 42.5 Å². The van der Waals surface area contributed by atoms with Gasteiger partial charge >= 0.3 is 0 Å². The molecule has 29 heavy (non-hydrogen) atoms. The molecule has 6 nitrogen and oxygen atoms in total. The van der Waals surface area contributed by atoms with E-state index in [4.69, 9.17) is 5.26 Å². The van der Waals surface area contributed by atoms with E-state index in [1.807, 2.05) is 42.5 Å². The van der Waals surface area contributed by atoms with Gasteiger partial charge in [0.2, 0.25) is 11.8 Å². The second-order valence-corrected chi connectivity index (χ2v) is 8.13. The SMILES string of the molecule is N#Cc1ccc([C@H]2[C@@H]3C(=O)N(Cc4ccccc4)C(=O)[C@@H]3[C@@H]3C[C@@H](O)CN32)cc1. The van der Waals surface area contributed by atoms with E-state index < -0.39 is 17.9 Å². The lowest BCUT2D eigenvalue weighted by molar-refractivity contribution is -0.142. The molecular formula is C23H21N3O3. The molecule has 1 N–H and O–H groups in total. The van der Waals surface area contributed by atoms with E-state index >= 15 is 0 Å². The lowest BCUT2D eigenvalue weighted by Crippen LogP contribution is -2.39. The first-order valence-electron chi connectivity index (χ1n) is 9.91. The van der Waals surface area contributed by atoms with E-state index in [9.17, 15) is 14.7 Å². The summed E-state index contributed by atoms with van der Waals surface area (Å²) in [5.41, 5.74) is 2.39. The van der Waals surface area contributed by atoms with E-state index in [-0.39, 0.29) is 30.4 Å². The third-order valence-electron chi connectivity index (χ3n) is 6.53. The molecule has 0 saturated carbocycles. The molecule has 5 atom stereocenters. The first-order chi connectivity index (χ1) is 14.1. The molecule has 0 aliphatic carbocycles. The zero-order valence-electron chi connectivity index (χ0n) is 15.8. The molecule has 0 bridgehead atoms. The number of fused-ring (bicyclic) bond motifs is 3. The Morgan fingerprint density at radius 3 is 2.38 bits per heavy atom. The summed E-state index contributed by atoms with van der Waals surface area (Å²) < 4.78 is 0. The van der Waals surface area contributed by atoms with Gasteiger partial charge in [0.1, 0.15) is 0 Å². The van der Waals surface area contributed by atoms with E-state index in [0.29, 0.717) is 18.5 Å². The van der Waals surface area contributed by atoms with Gasteiger partial charge < -0.3 is 5.11 Å². The summed E-state index contributed by atoms with van der Waals surface area (Å²) in [6, 6.07) is 18.5. The molecule has 146 valence electrons. The molecule has 3 saturated heterocycles. The molecular weight excluding hydrogens is 366 g/mol. The lowest BCUT2D eigenvalue weighted by atomic mass is 9.85. The summed E-state index contributed by atoms with van der Waals surface area (Å²) >= 11 is 0. The molecule has 3 aliphatic rings. The number of carbonyl (C=O) groups is 2. The van der Waals surface area contributed by atoms with E-state index in [2.05, 4.69) is 11.0 Å². The Kier molecular flexibility index (Phi) is 4.23. The Hall–Kier alpha value is -3.01. The van der Waals surface area contributed by atoms with Crippen molar-refractivity contribution in [2.45, 2.75) is 31.2 Å². The van der Waals surface area contributed by atoms with Crippen molar-refractivity contribution in [3.63, 3.8) is 0 Å². The number of hydrogen-bond acceptors (Lipinski definition) is 5. The zero-order chi connectivity index (χ0) is 20.1. The first kappa shape index (κ1) is 18.0. The van der Waals surface area contributed by atoms with Gasteiger partial charge in [-0.2, -0.15) is 5.26 Å². The quantitative estimate of drug-likeness (QED) is 0.813. The van der Waals surface area contributed by atoms with Crippen LogP contribution in [-0.2, 0) is 16.1 Å². The molecule has 2 amide bonds. The highest BCUT2D eigenvalue weighted by Gasteiger charge is 2.63. The maximum atomic E-state index is 13.4. The molecule has 2 aromatic rings. The lowest BCUT2D eigenvalue weighted by Gasteiger charge is -2.28. The predicted molar refractivity (Wildman–Crippen MR) is 104 cm³/mol. The summed E-state index contributed by atoms with van der Waals surface area (Å²) in [5, 5.41) is 19.3. The molecule has 2 aromatic carbocycles. The third kappa shape index (κ3) is 2.78. The molecule has 0 radical (unpaired) electrons. The average Bonchev–Trinajstić information content (AvgIpc) is 3.33. The number of hydrogen-bond donors (Lipinski definition) is 1. The van der Waals surface area contributed by atoms with Crippen LogP contribution in [0, 0.1) is 23.2 Å². The maximum absolute atomic E-state index is 13.4. The Morgan fingerprint density at radius 1 is 1.00 bits per heavy atom. The standard InChI is InChI=1S/C23H21N3O3/c24-11-14-6-8-16(9-7-14)21-20-19(18-10-17(27)13-25(18)21)22(28)26(23(20)29)12-15-4-2-1-3-5-15/h1-9,17-21,27H,10,12-13H2/t17-,18+,19-,20-,21+/m1/s1. The van der Waals surface area contributed by atoms with E-state index in [1.54, 1.807) is 12.1 Å². The fraction of sp³-hybridized carbons (Fsp3) is 0.348. The van der Waals surface area contributed by atoms with Crippen LogP contribution in [-0.4, -0.2) is 45.4 Å². The highest BCUT2D eigenvalue weighted by atomic mass is 16.3. The summed E-state index contributed by atoms with van der Waals surface area (Å²) in [7, 11) is 0. The minimum absolute atomic E-state index is 0.132. The minimum atomic E-state index is -0.493. The van der Waals surface area contributed by atoms with Crippen LogP contribution in [0.2, 0.25) is 0 Å². The molecule has 0 unspecified atom stereocenters. The molecule has 3 heterocycles. The fourth-order valence-corrected chi connectivity index (χ4v) is 5.33. The third-order valence-corrected chi connectivity index (χ3v) is 6.53. The second-order valence-electron chi connectivity index (χ2n) is 8.13. The largest absolute Gasteiger partial charge is 0.392 e. The van der Waals surface area contributed by atoms with Crippen LogP contribution in [0.1, 0.15) is 29.2 Å². The Morgan fingerprint density at radius 2 is 1.69 bits per heavy atom. The number of benzene rings is 2. The van der Waals surface area contributed by atoms with Gasteiger partial charge in [-0.3, -0.25) is 19.4 Å². The van der Waals surface area contributed by atoms with Gasteiger partial charge in [-0.15, -0.1) is 0 Å². The van der Waals surface area contributed by atoms with Gasteiger partial charge in [0, 0.05) is 18.6 Å². The summed E-state index contributed by atoms with van der Waals surface area (Å²) in [5.74, 6) is -1.15. The van der Waals surface area contributed by atoms with Crippen LogP contribution < -0.4 is 0 Å². The molecule has 5 rings (SSSR count). The number of nitrogens with zero attached hydrogens (tertiary/aromatic N) is 3. The highest BCUT2D eigenvalue weighted by Crippen LogP contribution is 2.53. The number of rotatable bonds is 3. The molecule has 0 aromatic heterocycles. The summed E-state index contributed by atoms with van der Waals surface area (Å²) in [4.78, 5) is 30.2. The second kappa shape index (κ2) is 6.80. The van der Waals surface area contributed by atoms with Crippen LogP contribution in [0.15, 0.2) is 54.6 Å². The van der Waals surface area contributed by atoms with Crippen LogP contribution in [0.3, 0.4) is 0 Å². The van der Waals surface area contributed by atoms with Crippen molar-refractivity contribution in [3.05, 3.63) is 71.3 Å². The Labute approximate surface area is 169 Å². The van der Waals surface area contributed by atoms with Crippen molar-refractivity contribution in [2.75, 3.05) is 6.54 Å². The van der Waals surface area contributed by atoms with Crippen LogP contribution in [0.4, 0.5) is 0 Å². The predicted octanol–water partition coefficient (Wildman–Crippen LogP) is 1.85. The number of likely N-dealkylation sites (tertiary alicyclic amines) is 1. The van der Waals surface area contributed by atoms with Crippen molar-refractivity contribution in [3.8, 4) is 6.07 Å². The molecule has 6 heteroatoms. The van der Waals surface area contributed by atoms with E-state index in [0.717, 1.165) is 11.1 Å². The van der Waals surface area contributed by atoms with Gasteiger partial charge in [-0.05, 0) is 29.7 Å². The fourth-order valence-electron chi connectivity index (χ4n) is 5.33. The Bertz CT molecular complexity index is 998. The number of nitriles is 1. The normalized spacial score (nSPS) is 31.0. The van der Waals surface area contributed by atoms with Gasteiger partial charge in [0.25, 0.3) is 0 Å². The number of aliphatic hydroxyl groups excluding tert-OH is 1. The summed E-state index contributed by atoms with van der Waals surface area (Å²) in [6.45, 7) is 0.739. The Balaban J connectivity index is 1.51. The van der Waals surface area contributed by atoms with Gasteiger partial charge in [0.05, 0.1) is 36.1 Å². The summed E-state index contributed by atoms with van der Waals surface area (Å²) in [6.07, 6.45) is 0.0134. The smallest absolute Gasteiger partial charge is 0.235 e. The monoisotopic (exact) mass is 387 g/mol. The number of aliphatic hydroxyl groups is 1. The topological polar surface area (TPSA) is 84.6 Å². The minimum Gasteiger partial charge on any atom is -0.392 e. The highest BCUT2D eigenvalue weighted by molar-refractivity contribution is 6.06. The van der Waals surface area contributed by atoms with Gasteiger partial charge in [-0.25, -0.2) is 0 Å². The average molecular weight is 387 g/mol. The van der Waals surface area contributed by atoms with Crippen molar-refractivity contribution in [2.24, 2.45) is 11.8 Å². The molecule has 3 aliphatic heterocycles. The first-order valence-corrected chi connectivity index (χ1v) is 9.91. The van der Waals surface area contributed by atoms with Crippen molar-refractivity contribution in [1.29, 1.82) is 5.26 Å². The zero-order valence-corrected chi connectivity index (χ0v) is 15.8. The van der Waals surface area contributed by atoms with Crippen molar-refractivity contribution >= 4 is 11.8 Å².